The Morgan fingerprint density at radius 2 is 1.25 bits per heavy atom. The molecule has 0 radical (unpaired) electrons. The van der Waals surface area contributed by atoms with Crippen LogP contribution in [-0.4, -0.2) is 58.7 Å². The first kappa shape index (κ1) is 32.1. The number of carboxylic acids is 1. The second kappa shape index (κ2) is 16.8. The molecule has 10 nitrogen and oxygen atoms in total. The van der Waals surface area contributed by atoms with E-state index >= 15 is 0 Å². The van der Waals surface area contributed by atoms with Crippen LogP contribution < -0.4 is 10.6 Å². The summed E-state index contributed by atoms with van der Waals surface area (Å²) < 4.78 is 10.3. The second-order valence-corrected chi connectivity index (χ2v) is 10.4. The number of rotatable bonds is 15. The number of amides is 3. The highest BCUT2D eigenvalue weighted by molar-refractivity contribution is 5.84. The van der Waals surface area contributed by atoms with Crippen molar-refractivity contribution >= 4 is 24.1 Å². The van der Waals surface area contributed by atoms with E-state index < -0.39 is 29.7 Å². The molecule has 2 aromatic rings. The molecule has 0 aliphatic carbocycles. The zero-order valence-corrected chi connectivity index (χ0v) is 23.6. The van der Waals surface area contributed by atoms with Gasteiger partial charge >= 0.3 is 18.2 Å². The van der Waals surface area contributed by atoms with Crippen LogP contribution in [0.25, 0.3) is 0 Å². The molecule has 218 valence electrons. The number of nitrogens with one attached hydrogen (secondary N) is 2. The predicted octanol–water partition coefficient (Wildman–Crippen LogP) is 4.87. The fraction of sp³-hybridized carbons (Fsp3) is 0.467. The average molecular weight is 556 g/mol. The van der Waals surface area contributed by atoms with Gasteiger partial charge in [0.1, 0.15) is 19.3 Å². The Kier molecular flexibility index (Phi) is 13.5. The van der Waals surface area contributed by atoms with Gasteiger partial charge < -0.3 is 30.1 Å². The first-order chi connectivity index (χ1) is 19.1. The third-order valence-corrected chi connectivity index (χ3v) is 6.02. The van der Waals surface area contributed by atoms with Crippen LogP contribution in [0.1, 0.15) is 64.0 Å². The van der Waals surface area contributed by atoms with E-state index in [0.717, 1.165) is 11.1 Å². The van der Waals surface area contributed by atoms with Gasteiger partial charge in [-0.05, 0) is 57.6 Å². The minimum absolute atomic E-state index is 0.0782. The van der Waals surface area contributed by atoms with Gasteiger partial charge in [-0.3, -0.25) is 4.79 Å². The van der Waals surface area contributed by atoms with E-state index in [1.165, 1.54) is 4.90 Å². The monoisotopic (exact) mass is 555 g/mol. The third-order valence-electron chi connectivity index (χ3n) is 6.02. The molecule has 0 saturated heterocycles. The maximum Gasteiger partial charge on any atom is 0.407 e. The average Bonchev–Trinajstić information content (AvgIpc) is 2.92. The number of hydrogen-bond acceptors (Lipinski definition) is 6. The molecule has 2 aromatic carbocycles. The highest BCUT2D eigenvalue weighted by Crippen LogP contribution is 2.23. The highest BCUT2D eigenvalue weighted by atomic mass is 16.6. The van der Waals surface area contributed by atoms with Crippen molar-refractivity contribution in [3.05, 3.63) is 71.8 Å². The molecule has 0 aliphatic heterocycles. The van der Waals surface area contributed by atoms with Gasteiger partial charge in [-0.1, -0.05) is 60.7 Å². The largest absolute Gasteiger partial charge is 0.480 e. The molecule has 2 rings (SSSR count). The van der Waals surface area contributed by atoms with Gasteiger partial charge in [-0.25, -0.2) is 14.4 Å². The Bertz CT molecular complexity index is 1070. The number of hydrogen-bond donors (Lipinski definition) is 3. The molecule has 40 heavy (non-hydrogen) atoms. The summed E-state index contributed by atoms with van der Waals surface area (Å²) in [5.41, 5.74) is 1.03. The number of carboxylic acid groups (broad SMARTS) is 1. The number of unbranched alkanes of at least 4 members (excludes halogenated alkanes) is 1. The summed E-state index contributed by atoms with van der Waals surface area (Å²) in [5.74, 6) is -1.39. The van der Waals surface area contributed by atoms with Crippen molar-refractivity contribution in [2.24, 2.45) is 0 Å². The van der Waals surface area contributed by atoms with Crippen LogP contribution in [0.15, 0.2) is 60.7 Å². The molecule has 0 heterocycles. The molecule has 3 N–H and O–H groups in total. The van der Waals surface area contributed by atoms with Crippen molar-refractivity contribution < 1.29 is 33.8 Å². The molecule has 0 aromatic heterocycles. The van der Waals surface area contributed by atoms with E-state index in [0.29, 0.717) is 25.8 Å². The van der Waals surface area contributed by atoms with E-state index in [9.17, 15) is 24.3 Å². The van der Waals surface area contributed by atoms with Crippen molar-refractivity contribution in [1.29, 1.82) is 0 Å². The number of carbonyl (C=O) groups is 4. The SMILES string of the molecule is CC(C)(C)N(C(=O)CCCNC(=O)OCc1ccccc1)C(CCCCNC(=O)OCc1ccccc1)C(=O)O. The minimum atomic E-state index is -1.08. The Hall–Kier alpha value is -4.08. The Morgan fingerprint density at radius 1 is 0.775 bits per heavy atom. The first-order valence-corrected chi connectivity index (χ1v) is 13.5. The lowest BCUT2D eigenvalue weighted by atomic mass is 9.98. The van der Waals surface area contributed by atoms with Crippen molar-refractivity contribution in [1.82, 2.24) is 15.5 Å². The molecule has 1 atom stereocenters. The van der Waals surface area contributed by atoms with Gasteiger partial charge in [0.2, 0.25) is 5.91 Å². The smallest absolute Gasteiger partial charge is 0.407 e. The minimum Gasteiger partial charge on any atom is -0.480 e. The van der Waals surface area contributed by atoms with Gasteiger partial charge in [0.05, 0.1) is 0 Å². The van der Waals surface area contributed by atoms with E-state index in [-0.39, 0.29) is 38.5 Å². The zero-order chi connectivity index (χ0) is 29.4. The van der Waals surface area contributed by atoms with Crippen LogP contribution in [0.4, 0.5) is 9.59 Å². The maximum absolute atomic E-state index is 13.1. The Morgan fingerprint density at radius 3 is 1.70 bits per heavy atom. The van der Waals surface area contributed by atoms with E-state index in [1.54, 1.807) is 20.8 Å². The number of aliphatic carboxylic acids is 1. The van der Waals surface area contributed by atoms with Crippen LogP contribution >= 0.6 is 0 Å². The Labute approximate surface area is 236 Å². The van der Waals surface area contributed by atoms with Crippen molar-refractivity contribution in [2.45, 2.75) is 77.7 Å². The van der Waals surface area contributed by atoms with Gasteiger partial charge in [-0.2, -0.15) is 0 Å². The van der Waals surface area contributed by atoms with Gasteiger partial charge in [0.15, 0.2) is 0 Å². The van der Waals surface area contributed by atoms with Crippen molar-refractivity contribution in [3.8, 4) is 0 Å². The molecule has 10 heteroatoms. The molecule has 0 fully saturated rings. The van der Waals surface area contributed by atoms with Crippen LogP contribution in [0, 0.1) is 0 Å². The van der Waals surface area contributed by atoms with Gasteiger partial charge in [0, 0.05) is 25.0 Å². The third kappa shape index (κ3) is 12.2. The number of benzene rings is 2. The topological polar surface area (TPSA) is 134 Å². The molecule has 1 unspecified atom stereocenters. The quantitative estimate of drug-likeness (QED) is 0.267. The number of ether oxygens (including phenoxy) is 2. The fourth-order valence-corrected chi connectivity index (χ4v) is 4.13. The Balaban J connectivity index is 1.74. The summed E-state index contributed by atoms with van der Waals surface area (Å²) in [6, 6.07) is 17.6. The first-order valence-electron chi connectivity index (χ1n) is 13.5. The number of carbonyl (C=O) groups excluding carboxylic acids is 3. The second-order valence-electron chi connectivity index (χ2n) is 10.4. The van der Waals surface area contributed by atoms with E-state index in [4.69, 9.17) is 9.47 Å². The number of nitrogens with zero attached hydrogens (tertiary/aromatic N) is 1. The van der Waals surface area contributed by atoms with Crippen molar-refractivity contribution in [3.63, 3.8) is 0 Å². The standard InChI is InChI=1S/C30H41N3O7/c1-30(2,3)33(26(34)18-12-20-32-29(38)40-22-24-15-8-5-9-16-24)25(27(35)36)17-10-11-19-31-28(37)39-21-23-13-6-4-7-14-23/h4-9,13-16,25H,10-12,17-22H2,1-3H3,(H,31,37)(H,32,38)(H,35,36). The van der Waals surface area contributed by atoms with Crippen LogP contribution in [0.5, 0.6) is 0 Å². The van der Waals surface area contributed by atoms with E-state index in [1.807, 2.05) is 60.7 Å². The molecule has 0 aliphatic rings. The highest BCUT2D eigenvalue weighted by Gasteiger charge is 2.36. The summed E-state index contributed by atoms with van der Waals surface area (Å²) in [4.78, 5) is 50.5. The lowest BCUT2D eigenvalue weighted by molar-refractivity contribution is -0.155. The summed E-state index contributed by atoms with van der Waals surface area (Å²) in [6.45, 7) is 6.25. The van der Waals surface area contributed by atoms with Crippen LogP contribution in [-0.2, 0) is 32.3 Å². The lowest BCUT2D eigenvalue weighted by Gasteiger charge is -2.40. The lowest BCUT2D eigenvalue weighted by Crippen LogP contribution is -2.54. The normalized spacial score (nSPS) is 11.7. The fourth-order valence-electron chi connectivity index (χ4n) is 4.13. The summed E-state index contributed by atoms with van der Waals surface area (Å²) in [7, 11) is 0. The molecule has 0 saturated carbocycles. The zero-order valence-electron chi connectivity index (χ0n) is 23.6. The van der Waals surface area contributed by atoms with E-state index in [2.05, 4.69) is 10.6 Å². The van der Waals surface area contributed by atoms with Gasteiger partial charge in [0.25, 0.3) is 0 Å². The van der Waals surface area contributed by atoms with Crippen LogP contribution in [0.3, 0.4) is 0 Å². The summed E-state index contributed by atoms with van der Waals surface area (Å²) in [5, 5.41) is 15.2. The molecule has 3 amide bonds. The van der Waals surface area contributed by atoms with Gasteiger partial charge in [-0.15, -0.1) is 0 Å². The maximum atomic E-state index is 13.1. The number of alkyl carbamates (subject to hydrolysis) is 2. The summed E-state index contributed by atoms with van der Waals surface area (Å²) in [6.07, 6.45) is 0.564. The molecule has 0 spiro atoms. The molecule has 0 bridgehead atoms. The predicted molar refractivity (Wildman–Crippen MR) is 150 cm³/mol. The summed E-state index contributed by atoms with van der Waals surface area (Å²) >= 11 is 0. The molecular weight excluding hydrogens is 514 g/mol. The van der Waals surface area contributed by atoms with Crippen molar-refractivity contribution in [2.75, 3.05) is 13.1 Å². The molecular formula is C30H41N3O7. The van der Waals surface area contributed by atoms with Crippen LogP contribution in [0.2, 0.25) is 0 Å².